The van der Waals surface area contributed by atoms with Crippen LogP contribution >= 0.6 is 0 Å². The summed E-state index contributed by atoms with van der Waals surface area (Å²) in [6.07, 6.45) is 14.9. The second kappa shape index (κ2) is 11.5. The van der Waals surface area contributed by atoms with E-state index in [0.29, 0.717) is 5.92 Å². The fraction of sp³-hybridized carbons (Fsp3) is 0.920. The van der Waals surface area contributed by atoms with Crippen LogP contribution < -0.4 is 0 Å². The molecule has 30 heavy (non-hydrogen) atoms. The molecule has 5 nitrogen and oxygen atoms in total. The molecule has 0 amide bonds. The molecular weight excluding hydrogens is 378 g/mol. The van der Waals surface area contributed by atoms with E-state index >= 15 is 0 Å². The summed E-state index contributed by atoms with van der Waals surface area (Å²) in [5.41, 5.74) is -1.31. The summed E-state index contributed by atoms with van der Waals surface area (Å²) in [4.78, 5) is 12.8. The van der Waals surface area contributed by atoms with Crippen LogP contribution in [-0.4, -0.2) is 31.6 Å². The van der Waals surface area contributed by atoms with Crippen LogP contribution in [0.15, 0.2) is 0 Å². The topological polar surface area (TPSA) is 68.5 Å². The van der Waals surface area contributed by atoms with Gasteiger partial charge in [0, 0.05) is 5.92 Å². The lowest BCUT2D eigenvalue weighted by Gasteiger charge is -2.40. The van der Waals surface area contributed by atoms with Crippen LogP contribution in [-0.2, 0) is 19.0 Å². The Balaban J connectivity index is 1.43. The number of ether oxygens (including phenoxy) is 3. The van der Waals surface area contributed by atoms with E-state index in [1.807, 2.05) is 0 Å². The first-order valence-corrected chi connectivity index (χ1v) is 12.5. The first-order chi connectivity index (χ1) is 14.6. The first kappa shape index (κ1) is 23.5. The molecule has 0 bridgehead atoms. The Morgan fingerprint density at radius 2 is 1.60 bits per heavy atom. The van der Waals surface area contributed by atoms with E-state index in [1.54, 1.807) is 0 Å². The summed E-state index contributed by atoms with van der Waals surface area (Å²) < 4.78 is 17.7. The third kappa shape index (κ3) is 5.98. The Kier molecular flexibility index (Phi) is 9.01. The fourth-order valence-electron chi connectivity index (χ4n) is 5.39. The number of carbonyl (C=O) groups is 1. The predicted molar refractivity (Wildman–Crippen MR) is 115 cm³/mol. The molecular formula is C25H41NO4. The molecule has 0 unspecified atom stereocenters. The second-order valence-electron chi connectivity index (χ2n) is 9.92. The van der Waals surface area contributed by atoms with Crippen LogP contribution in [0.4, 0.5) is 0 Å². The minimum Gasteiger partial charge on any atom is -0.461 e. The van der Waals surface area contributed by atoms with Gasteiger partial charge in [-0.25, -0.2) is 0 Å². The number of carbonyl (C=O) groups excluding carboxylic acids is 1. The standard InChI is InChI=1S/C25H41NO4/c1-3-5-6-7-20-8-12-21(13-9-20)23-28-17-25(16-26,18-29-23)24(27)30-22-14-10-19(4-2)11-15-22/h19-23H,3-15,17-18H2,1-2H3. The van der Waals surface area contributed by atoms with Crippen LogP contribution in [0.3, 0.4) is 0 Å². The molecule has 0 spiro atoms. The van der Waals surface area contributed by atoms with Crippen LogP contribution in [0, 0.1) is 34.5 Å². The SMILES string of the molecule is CCCCCC1CCC(C2OCC(C#N)(C(=O)OC3CCC(CC)CC3)CO2)CC1. The highest BCUT2D eigenvalue weighted by Gasteiger charge is 2.48. The summed E-state index contributed by atoms with van der Waals surface area (Å²) in [5.74, 6) is 1.51. The van der Waals surface area contributed by atoms with Crippen molar-refractivity contribution in [3.8, 4) is 6.07 Å². The number of unbranched alkanes of at least 4 members (excludes halogenated alkanes) is 2. The van der Waals surface area contributed by atoms with Crippen molar-refractivity contribution in [3.05, 3.63) is 0 Å². The number of nitriles is 1. The van der Waals surface area contributed by atoms with Gasteiger partial charge in [-0.1, -0.05) is 46.0 Å². The highest BCUT2D eigenvalue weighted by Crippen LogP contribution is 2.38. The average molecular weight is 420 g/mol. The van der Waals surface area contributed by atoms with Gasteiger partial charge in [0.15, 0.2) is 6.29 Å². The first-order valence-electron chi connectivity index (χ1n) is 12.5. The molecule has 170 valence electrons. The molecule has 3 fully saturated rings. The maximum atomic E-state index is 12.8. The van der Waals surface area contributed by atoms with Crippen molar-refractivity contribution in [3.63, 3.8) is 0 Å². The lowest BCUT2D eigenvalue weighted by atomic mass is 9.79. The molecule has 0 N–H and O–H groups in total. The molecule has 0 atom stereocenters. The third-order valence-electron chi connectivity index (χ3n) is 7.73. The number of hydrogen-bond acceptors (Lipinski definition) is 5. The van der Waals surface area contributed by atoms with Crippen LogP contribution in [0.2, 0.25) is 0 Å². The monoisotopic (exact) mass is 419 g/mol. The van der Waals surface area contributed by atoms with E-state index < -0.39 is 11.4 Å². The van der Waals surface area contributed by atoms with Gasteiger partial charge in [0.05, 0.1) is 19.3 Å². The van der Waals surface area contributed by atoms with Crippen molar-refractivity contribution in [2.45, 2.75) is 110 Å². The summed E-state index contributed by atoms with van der Waals surface area (Å²) in [6.45, 7) is 4.65. The summed E-state index contributed by atoms with van der Waals surface area (Å²) in [6, 6.07) is 2.16. The molecule has 2 aliphatic carbocycles. The van der Waals surface area contributed by atoms with Gasteiger partial charge in [0.2, 0.25) is 5.41 Å². The predicted octanol–water partition coefficient (Wildman–Crippen LogP) is 5.77. The highest BCUT2D eigenvalue weighted by atomic mass is 16.7. The quantitative estimate of drug-likeness (QED) is 0.369. The molecule has 5 heteroatoms. The molecule has 3 aliphatic rings. The number of esters is 1. The molecule has 3 rings (SSSR count). The van der Waals surface area contributed by atoms with Crippen molar-refractivity contribution in [1.29, 1.82) is 5.26 Å². The van der Waals surface area contributed by atoms with Crippen molar-refractivity contribution < 1.29 is 19.0 Å². The number of nitrogens with zero attached hydrogens (tertiary/aromatic N) is 1. The van der Waals surface area contributed by atoms with Gasteiger partial charge in [-0.15, -0.1) is 0 Å². The minimum atomic E-state index is -1.31. The minimum absolute atomic E-state index is 0.0637. The Hall–Kier alpha value is -1.12. The maximum absolute atomic E-state index is 12.8. The van der Waals surface area contributed by atoms with Crippen LogP contribution in [0.25, 0.3) is 0 Å². The third-order valence-corrected chi connectivity index (χ3v) is 7.73. The molecule has 1 saturated heterocycles. The van der Waals surface area contributed by atoms with E-state index in [4.69, 9.17) is 14.2 Å². The van der Waals surface area contributed by atoms with Crippen molar-refractivity contribution in [2.75, 3.05) is 13.2 Å². The Bertz CT molecular complexity index is 562. The molecule has 0 radical (unpaired) electrons. The van der Waals surface area contributed by atoms with Crippen molar-refractivity contribution in [1.82, 2.24) is 0 Å². The van der Waals surface area contributed by atoms with E-state index in [-0.39, 0.29) is 25.6 Å². The smallest absolute Gasteiger partial charge is 0.331 e. The zero-order valence-electron chi connectivity index (χ0n) is 19.1. The van der Waals surface area contributed by atoms with E-state index in [0.717, 1.165) is 50.4 Å². The molecule has 1 aliphatic heterocycles. The Labute approximate surface area is 182 Å². The second-order valence-corrected chi connectivity index (χ2v) is 9.92. The van der Waals surface area contributed by atoms with E-state index in [9.17, 15) is 10.1 Å². The molecule has 0 aromatic rings. The van der Waals surface area contributed by atoms with Crippen molar-refractivity contribution in [2.24, 2.45) is 23.2 Å². The highest BCUT2D eigenvalue weighted by molar-refractivity contribution is 5.80. The lowest BCUT2D eigenvalue weighted by Crippen LogP contribution is -2.50. The van der Waals surface area contributed by atoms with Gasteiger partial charge in [0.25, 0.3) is 0 Å². The van der Waals surface area contributed by atoms with Gasteiger partial charge in [-0.2, -0.15) is 5.26 Å². The molecule has 1 heterocycles. The largest absolute Gasteiger partial charge is 0.461 e. The normalized spacial score (nSPS) is 37.3. The van der Waals surface area contributed by atoms with Gasteiger partial charge in [0.1, 0.15) is 6.10 Å². The van der Waals surface area contributed by atoms with Crippen molar-refractivity contribution >= 4 is 5.97 Å². The fourth-order valence-corrected chi connectivity index (χ4v) is 5.39. The zero-order valence-corrected chi connectivity index (χ0v) is 19.1. The molecule has 0 aromatic heterocycles. The van der Waals surface area contributed by atoms with Gasteiger partial charge < -0.3 is 14.2 Å². The van der Waals surface area contributed by atoms with E-state index in [1.165, 1.54) is 44.9 Å². The Morgan fingerprint density at radius 1 is 0.967 bits per heavy atom. The van der Waals surface area contributed by atoms with Gasteiger partial charge in [-0.3, -0.25) is 4.79 Å². The van der Waals surface area contributed by atoms with Crippen LogP contribution in [0.5, 0.6) is 0 Å². The summed E-state index contributed by atoms with van der Waals surface area (Å²) in [5, 5.41) is 9.74. The van der Waals surface area contributed by atoms with E-state index in [2.05, 4.69) is 19.9 Å². The van der Waals surface area contributed by atoms with Crippen LogP contribution in [0.1, 0.15) is 97.3 Å². The molecule has 0 aromatic carbocycles. The number of rotatable bonds is 8. The average Bonchev–Trinajstić information content (AvgIpc) is 2.80. The summed E-state index contributed by atoms with van der Waals surface area (Å²) >= 11 is 0. The zero-order chi connectivity index (χ0) is 21.4. The maximum Gasteiger partial charge on any atom is 0.331 e. The Morgan fingerprint density at radius 3 is 2.17 bits per heavy atom. The lowest BCUT2D eigenvalue weighted by molar-refractivity contribution is -0.247. The van der Waals surface area contributed by atoms with Gasteiger partial charge in [-0.05, 0) is 63.2 Å². The summed E-state index contributed by atoms with van der Waals surface area (Å²) in [7, 11) is 0. The van der Waals surface area contributed by atoms with Gasteiger partial charge >= 0.3 is 5.97 Å². The molecule has 2 saturated carbocycles. The number of hydrogen-bond donors (Lipinski definition) is 0.